The van der Waals surface area contributed by atoms with Crippen LogP contribution in [0.25, 0.3) is 10.9 Å². The van der Waals surface area contributed by atoms with Crippen LogP contribution in [-0.2, 0) is 15.0 Å². The fraction of sp³-hybridized carbons (Fsp3) is 0.286. The molecule has 1 fully saturated rings. The molecule has 1 aromatic carbocycles. The van der Waals surface area contributed by atoms with Gasteiger partial charge in [-0.3, -0.25) is 9.78 Å². The van der Waals surface area contributed by atoms with Crippen LogP contribution in [0.1, 0.15) is 6.42 Å². The van der Waals surface area contributed by atoms with Gasteiger partial charge in [-0.05, 0) is 24.3 Å². The zero-order valence-electron chi connectivity index (χ0n) is 11.4. The predicted molar refractivity (Wildman–Crippen MR) is 82.1 cm³/mol. The van der Waals surface area contributed by atoms with Crippen LogP contribution in [0.3, 0.4) is 0 Å². The average Bonchev–Trinajstić information content (AvgIpc) is 2.77. The van der Waals surface area contributed by atoms with E-state index in [4.69, 9.17) is 11.6 Å². The molecule has 1 saturated heterocycles. The summed E-state index contributed by atoms with van der Waals surface area (Å²) >= 11 is 6.22. The minimum absolute atomic E-state index is 0.0177. The SMILES string of the molecule is O=C1CC(CS(=O)(=O)F)CN1c1c(Cl)ccc2ncccc12. The zero-order chi connectivity index (χ0) is 15.9. The first-order chi connectivity index (χ1) is 10.3. The normalized spacial score (nSPS) is 19.1. The van der Waals surface area contributed by atoms with Gasteiger partial charge in [-0.25, -0.2) is 0 Å². The van der Waals surface area contributed by atoms with E-state index in [2.05, 4.69) is 4.98 Å². The van der Waals surface area contributed by atoms with Crippen molar-refractivity contribution in [3.05, 3.63) is 35.5 Å². The summed E-state index contributed by atoms with van der Waals surface area (Å²) in [5.74, 6) is -1.51. The van der Waals surface area contributed by atoms with E-state index in [0.29, 0.717) is 21.6 Å². The van der Waals surface area contributed by atoms with Crippen LogP contribution in [-0.4, -0.2) is 31.6 Å². The average molecular weight is 343 g/mol. The molecule has 22 heavy (non-hydrogen) atoms. The number of carbonyl (C=O) groups excluding carboxylic acids is 1. The third kappa shape index (κ3) is 2.91. The van der Waals surface area contributed by atoms with Gasteiger partial charge in [0.15, 0.2) is 0 Å². The first-order valence-electron chi connectivity index (χ1n) is 6.61. The number of halogens is 2. The molecular formula is C14H12ClFN2O3S. The number of amides is 1. The molecule has 0 radical (unpaired) electrons. The van der Waals surface area contributed by atoms with Crippen LogP contribution in [0, 0.1) is 5.92 Å². The molecule has 0 N–H and O–H groups in total. The molecule has 0 aliphatic carbocycles. The molecule has 1 amide bonds. The van der Waals surface area contributed by atoms with Crippen molar-refractivity contribution in [2.24, 2.45) is 5.92 Å². The van der Waals surface area contributed by atoms with E-state index < -0.39 is 21.9 Å². The standard InChI is InChI=1S/C14H12ClFN2O3S/c15-11-3-4-12-10(2-1-5-17-12)14(11)18-7-9(6-13(18)19)8-22(16,20)21/h1-5,9H,6-8H2. The van der Waals surface area contributed by atoms with Crippen molar-refractivity contribution in [3.63, 3.8) is 0 Å². The third-order valence-corrected chi connectivity index (χ3v) is 4.79. The lowest BCUT2D eigenvalue weighted by molar-refractivity contribution is -0.117. The summed E-state index contributed by atoms with van der Waals surface area (Å²) in [6.07, 6.45) is 1.61. The number of benzene rings is 1. The van der Waals surface area contributed by atoms with Gasteiger partial charge < -0.3 is 4.90 Å². The van der Waals surface area contributed by atoms with E-state index in [-0.39, 0.29) is 18.9 Å². The lowest BCUT2D eigenvalue weighted by Gasteiger charge is -2.20. The smallest absolute Gasteiger partial charge is 0.302 e. The lowest BCUT2D eigenvalue weighted by atomic mass is 10.1. The molecule has 116 valence electrons. The number of nitrogens with zero attached hydrogens (tertiary/aromatic N) is 2. The maximum absolute atomic E-state index is 12.8. The Morgan fingerprint density at radius 1 is 1.36 bits per heavy atom. The van der Waals surface area contributed by atoms with Crippen molar-refractivity contribution in [1.82, 2.24) is 4.98 Å². The molecule has 8 heteroatoms. The first-order valence-corrected chi connectivity index (χ1v) is 8.54. The summed E-state index contributed by atoms with van der Waals surface area (Å²) in [6, 6.07) is 6.90. The van der Waals surface area contributed by atoms with Crippen molar-refractivity contribution >= 4 is 44.3 Å². The minimum atomic E-state index is -4.61. The summed E-state index contributed by atoms with van der Waals surface area (Å²) in [6.45, 7) is 0.121. The van der Waals surface area contributed by atoms with Gasteiger partial charge in [0.1, 0.15) is 0 Å². The number of aromatic nitrogens is 1. The van der Waals surface area contributed by atoms with Crippen molar-refractivity contribution < 1.29 is 17.1 Å². The molecule has 0 bridgehead atoms. The molecule has 3 rings (SSSR count). The summed E-state index contributed by atoms with van der Waals surface area (Å²) in [7, 11) is -4.61. The highest BCUT2D eigenvalue weighted by Crippen LogP contribution is 2.37. The van der Waals surface area contributed by atoms with Crippen LogP contribution < -0.4 is 4.90 Å². The highest BCUT2D eigenvalue weighted by atomic mass is 35.5. The highest BCUT2D eigenvalue weighted by molar-refractivity contribution is 7.86. The number of anilines is 1. The number of hydrogen-bond acceptors (Lipinski definition) is 4. The largest absolute Gasteiger partial charge is 0.310 e. The Bertz CT molecular complexity index is 856. The molecule has 1 aliphatic heterocycles. The van der Waals surface area contributed by atoms with Crippen molar-refractivity contribution in [2.45, 2.75) is 6.42 Å². The van der Waals surface area contributed by atoms with Gasteiger partial charge in [0, 0.05) is 30.5 Å². The van der Waals surface area contributed by atoms with Crippen molar-refractivity contribution in [2.75, 3.05) is 17.2 Å². The topological polar surface area (TPSA) is 67.3 Å². The quantitative estimate of drug-likeness (QED) is 0.804. The second-order valence-corrected chi connectivity index (χ2v) is 7.06. The minimum Gasteiger partial charge on any atom is -0.310 e. The van der Waals surface area contributed by atoms with Crippen molar-refractivity contribution in [1.29, 1.82) is 0 Å². The number of rotatable bonds is 3. The maximum Gasteiger partial charge on any atom is 0.302 e. The number of carbonyl (C=O) groups is 1. The van der Waals surface area contributed by atoms with Crippen molar-refractivity contribution in [3.8, 4) is 0 Å². The summed E-state index contributed by atoms with van der Waals surface area (Å²) in [4.78, 5) is 17.8. The Kier molecular flexibility index (Phi) is 3.78. The lowest BCUT2D eigenvalue weighted by Crippen LogP contribution is -2.26. The van der Waals surface area contributed by atoms with E-state index in [0.717, 1.165) is 0 Å². The van der Waals surface area contributed by atoms with E-state index in [1.165, 1.54) is 4.90 Å². The Hall–Kier alpha value is -1.73. The van der Waals surface area contributed by atoms with Gasteiger partial charge in [-0.15, -0.1) is 3.89 Å². The zero-order valence-corrected chi connectivity index (χ0v) is 12.9. The summed E-state index contributed by atoms with van der Waals surface area (Å²) < 4.78 is 34.4. The van der Waals surface area contributed by atoms with Gasteiger partial charge in [-0.1, -0.05) is 11.6 Å². The Morgan fingerprint density at radius 3 is 2.86 bits per heavy atom. The van der Waals surface area contributed by atoms with Crippen LogP contribution in [0.4, 0.5) is 9.57 Å². The molecule has 1 unspecified atom stereocenters. The van der Waals surface area contributed by atoms with Crippen LogP contribution >= 0.6 is 11.6 Å². The Balaban J connectivity index is 2.01. The Morgan fingerprint density at radius 2 is 2.14 bits per heavy atom. The summed E-state index contributed by atoms with van der Waals surface area (Å²) in [5, 5.41) is 1.07. The number of pyridine rings is 1. The monoisotopic (exact) mass is 342 g/mol. The van der Waals surface area contributed by atoms with Gasteiger partial charge in [0.25, 0.3) is 0 Å². The Labute approximate surface area is 131 Å². The molecule has 0 saturated carbocycles. The van der Waals surface area contributed by atoms with E-state index in [1.807, 2.05) is 0 Å². The molecule has 1 aliphatic rings. The molecule has 2 heterocycles. The van der Waals surface area contributed by atoms with E-state index in [1.54, 1.807) is 30.5 Å². The van der Waals surface area contributed by atoms with Gasteiger partial charge >= 0.3 is 10.2 Å². The fourth-order valence-electron chi connectivity index (χ4n) is 2.78. The second-order valence-electron chi connectivity index (χ2n) is 5.25. The molecular weight excluding hydrogens is 331 g/mol. The van der Waals surface area contributed by atoms with Crippen LogP contribution in [0.5, 0.6) is 0 Å². The molecule has 5 nitrogen and oxygen atoms in total. The van der Waals surface area contributed by atoms with E-state index >= 15 is 0 Å². The third-order valence-electron chi connectivity index (χ3n) is 3.62. The molecule has 1 aromatic heterocycles. The molecule has 1 atom stereocenters. The van der Waals surface area contributed by atoms with Gasteiger partial charge in [-0.2, -0.15) is 8.42 Å². The van der Waals surface area contributed by atoms with E-state index in [9.17, 15) is 17.1 Å². The van der Waals surface area contributed by atoms with Crippen LogP contribution in [0.15, 0.2) is 30.5 Å². The molecule has 2 aromatic rings. The fourth-order valence-corrected chi connectivity index (χ4v) is 3.83. The van der Waals surface area contributed by atoms with Crippen LogP contribution in [0.2, 0.25) is 5.02 Å². The summed E-state index contributed by atoms with van der Waals surface area (Å²) in [5.41, 5.74) is 1.17. The number of fused-ring (bicyclic) bond motifs is 1. The predicted octanol–water partition coefficient (Wildman–Crippen LogP) is 2.54. The van der Waals surface area contributed by atoms with Gasteiger partial charge in [0.05, 0.1) is 22.0 Å². The molecule has 0 spiro atoms. The second kappa shape index (κ2) is 5.48. The van der Waals surface area contributed by atoms with Gasteiger partial charge in [0.2, 0.25) is 5.91 Å². The highest BCUT2D eigenvalue weighted by Gasteiger charge is 2.35. The number of hydrogen-bond donors (Lipinski definition) is 0. The maximum atomic E-state index is 12.8. The first kappa shape index (κ1) is 15.2.